The average Bonchev–Trinajstić information content (AvgIpc) is 2.84. The zero-order valence-corrected chi connectivity index (χ0v) is 15.5. The van der Waals surface area contributed by atoms with E-state index in [9.17, 15) is 9.90 Å². The number of aliphatic hydroxyl groups is 1. The van der Waals surface area contributed by atoms with E-state index in [0.717, 1.165) is 43.4 Å². The molecule has 134 valence electrons. The maximum Gasteiger partial charge on any atom is 0.217 e. The summed E-state index contributed by atoms with van der Waals surface area (Å²) in [6.07, 6.45) is 11.5. The maximum absolute atomic E-state index is 11.6. The monoisotopic (exact) mass is 331 g/mol. The SMILES string of the molecule is CC(=O)NC1CC[C@H]2[C@@H]3CC=C4CC(O)CC[C@]4(C)[C@H]3CC[C@]12C. The third kappa shape index (κ3) is 2.30. The molecule has 2 unspecified atom stereocenters. The number of carbonyl (C=O) groups is 1. The Morgan fingerprint density at radius 2 is 1.96 bits per heavy atom. The molecule has 0 aromatic carbocycles. The van der Waals surface area contributed by atoms with E-state index in [4.69, 9.17) is 0 Å². The van der Waals surface area contributed by atoms with Crippen molar-refractivity contribution < 1.29 is 9.90 Å². The van der Waals surface area contributed by atoms with Gasteiger partial charge >= 0.3 is 0 Å². The van der Waals surface area contributed by atoms with Gasteiger partial charge in [-0.2, -0.15) is 0 Å². The normalized spacial score (nSPS) is 50.3. The van der Waals surface area contributed by atoms with Crippen LogP contribution in [0.3, 0.4) is 0 Å². The van der Waals surface area contributed by atoms with Crippen LogP contribution in [-0.2, 0) is 4.79 Å². The molecule has 3 nitrogen and oxygen atoms in total. The van der Waals surface area contributed by atoms with Crippen molar-refractivity contribution in [2.75, 3.05) is 0 Å². The van der Waals surface area contributed by atoms with E-state index in [0.29, 0.717) is 11.5 Å². The van der Waals surface area contributed by atoms with E-state index < -0.39 is 0 Å². The highest BCUT2D eigenvalue weighted by atomic mass is 16.3. The molecule has 2 N–H and O–H groups in total. The van der Waals surface area contributed by atoms with E-state index in [1.165, 1.54) is 25.7 Å². The summed E-state index contributed by atoms with van der Waals surface area (Å²) in [4.78, 5) is 11.6. The summed E-state index contributed by atoms with van der Waals surface area (Å²) in [5.41, 5.74) is 2.14. The summed E-state index contributed by atoms with van der Waals surface area (Å²) in [7, 11) is 0. The Balaban J connectivity index is 1.62. The molecule has 0 saturated heterocycles. The fourth-order valence-electron chi connectivity index (χ4n) is 7.12. The molecule has 1 amide bonds. The molecule has 4 aliphatic rings. The van der Waals surface area contributed by atoms with Gasteiger partial charge in [0.1, 0.15) is 0 Å². The van der Waals surface area contributed by atoms with Gasteiger partial charge in [-0.3, -0.25) is 4.79 Å². The summed E-state index contributed by atoms with van der Waals surface area (Å²) in [5, 5.41) is 13.3. The minimum atomic E-state index is -0.120. The van der Waals surface area contributed by atoms with E-state index in [-0.39, 0.29) is 17.4 Å². The first-order valence-electron chi connectivity index (χ1n) is 9.99. The van der Waals surface area contributed by atoms with E-state index >= 15 is 0 Å². The van der Waals surface area contributed by atoms with Gasteiger partial charge in [-0.15, -0.1) is 0 Å². The fraction of sp³-hybridized carbons (Fsp3) is 0.857. The highest BCUT2D eigenvalue weighted by Gasteiger charge is 2.58. The van der Waals surface area contributed by atoms with Crippen molar-refractivity contribution in [3.8, 4) is 0 Å². The number of hydrogen-bond acceptors (Lipinski definition) is 2. The molecule has 0 aromatic rings. The van der Waals surface area contributed by atoms with Crippen molar-refractivity contribution in [1.82, 2.24) is 5.32 Å². The second kappa shape index (κ2) is 5.59. The van der Waals surface area contributed by atoms with Gasteiger partial charge < -0.3 is 10.4 Å². The van der Waals surface area contributed by atoms with Crippen molar-refractivity contribution >= 4 is 5.91 Å². The van der Waals surface area contributed by atoms with Crippen LogP contribution in [0.4, 0.5) is 0 Å². The van der Waals surface area contributed by atoms with Crippen molar-refractivity contribution in [1.29, 1.82) is 0 Å². The first-order chi connectivity index (χ1) is 11.3. The second-order valence-corrected chi connectivity index (χ2v) is 9.53. The molecule has 0 radical (unpaired) electrons. The Bertz CT molecular complexity index is 570. The molecule has 0 aromatic heterocycles. The molecule has 24 heavy (non-hydrogen) atoms. The van der Waals surface area contributed by atoms with Crippen LogP contribution in [0, 0.1) is 28.6 Å². The molecular weight excluding hydrogens is 298 g/mol. The van der Waals surface area contributed by atoms with Crippen LogP contribution in [0.25, 0.3) is 0 Å². The number of hydrogen-bond donors (Lipinski definition) is 2. The first kappa shape index (κ1) is 16.6. The van der Waals surface area contributed by atoms with Crippen LogP contribution >= 0.6 is 0 Å². The van der Waals surface area contributed by atoms with E-state index in [1.54, 1.807) is 12.5 Å². The smallest absolute Gasteiger partial charge is 0.217 e. The third-order valence-corrected chi connectivity index (χ3v) is 8.46. The minimum Gasteiger partial charge on any atom is -0.393 e. The van der Waals surface area contributed by atoms with E-state index in [1.807, 2.05) is 0 Å². The van der Waals surface area contributed by atoms with Gasteiger partial charge in [0.2, 0.25) is 5.91 Å². The number of rotatable bonds is 1. The number of fused-ring (bicyclic) bond motifs is 5. The number of aliphatic hydroxyl groups excluding tert-OH is 1. The zero-order valence-electron chi connectivity index (χ0n) is 15.5. The fourth-order valence-corrected chi connectivity index (χ4v) is 7.12. The minimum absolute atomic E-state index is 0.120. The Morgan fingerprint density at radius 1 is 1.17 bits per heavy atom. The van der Waals surface area contributed by atoms with E-state index in [2.05, 4.69) is 25.2 Å². The number of nitrogens with one attached hydrogen (secondary N) is 1. The molecule has 0 heterocycles. The standard InChI is InChI=1S/C21H33NO2/c1-13(23)22-19-7-6-17-16-5-4-14-12-15(24)8-10-20(14,2)18(16)9-11-21(17,19)3/h4,15-19,24H,5-12H2,1-3H3,(H,22,23)/t15?,16-,17-,18-,19?,20-,21-/m0/s1. The van der Waals surface area contributed by atoms with Crippen molar-refractivity contribution in [2.24, 2.45) is 28.6 Å². The highest BCUT2D eigenvalue weighted by molar-refractivity contribution is 5.73. The molecule has 0 bridgehead atoms. The average molecular weight is 332 g/mol. The molecule has 0 aliphatic heterocycles. The van der Waals surface area contributed by atoms with Crippen LogP contribution in [-0.4, -0.2) is 23.2 Å². The maximum atomic E-state index is 11.6. The molecule has 3 fully saturated rings. The van der Waals surface area contributed by atoms with Crippen LogP contribution in [0.1, 0.15) is 72.1 Å². The Labute approximate surface area is 146 Å². The summed E-state index contributed by atoms with van der Waals surface area (Å²) in [6, 6.07) is 0.368. The largest absolute Gasteiger partial charge is 0.393 e. The summed E-state index contributed by atoms with van der Waals surface area (Å²) >= 11 is 0. The summed E-state index contributed by atoms with van der Waals surface area (Å²) in [6.45, 7) is 6.57. The third-order valence-electron chi connectivity index (χ3n) is 8.46. The van der Waals surface area contributed by atoms with Crippen LogP contribution in [0.15, 0.2) is 11.6 Å². The number of carbonyl (C=O) groups excluding carboxylic acids is 1. The first-order valence-corrected chi connectivity index (χ1v) is 9.99. The number of allylic oxidation sites excluding steroid dienone is 1. The lowest BCUT2D eigenvalue weighted by molar-refractivity contribution is -0.121. The predicted octanol–water partition coefficient (Wildman–Crippen LogP) is 3.81. The topological polar surface area (TPSA) is 49.3 Å². The quantitative estimate of drug-likeness (QED) is 0.718. The second-order valence-electron chi connectivity index (χ2n) is 9.53. The lowest BCUT2D eigenvalue weighted by Gasteiger charge is -2.58. The molecule has 3 heteroatoms. The lowest BCUT2D eigenvalue weighted by Crippen LogP contribution is -2.53. The van der Waals surface area contributed by atoms with Gasteiger partial charge in [0.25, 0.3) is 0 Å². The number of amides is 1. The van der Waals surface area contributed by atoms with Crippen LogP contribution < -0.4 is 5.32 Å². The molecule has 3 saturated carbocycles. The van der Waals surface area contributed by atoms with Gasteiger partial charge in [-0.25, -0.2) is 0 Å². The predicted molar refractivity (Wildman–Crippen MR) is 95.3 cm³/mol. The zero-order chi connectivity index (χ0) is 17.1. The molecule has 4 aliphatic carbocycles. The van der Waals surface area contributed by atoms with Crippen molar-refractivity contribution in [3.63, 3.8) is 0 Å². The Morgan fingerprint density at radius 3 is 2.71 bits per heavy atom. The Kier molecular flexibility index (Phi) is 3.87. The Hall–Kier alpha value is -0.830. The van der Waals surface area contributed by atoms with Gasteiger partial charge in [0.05, 0.1) is 6.10 Å². The van der Waals surface area contributed by atoms with Crippen LogP contribution in [0.5, 0.6) is 0 Å². The van der Waals surface area contributed by atoms with Gasteiger partial charge in [-0.05, 0) is 80.0 Å². The molecule has 0 spiro atoms. The van der Waals surface area contributed by atoms with Crippen LogP contribution in [0.2, 0.25) is 0 Å². The van der Waals surface area contributed by atoms with Crippen molar-refractivity contribution in [3.05, 3.63) is 11.6 Å². The molecule has 7 atom stereocenters. The highest BCUT2D eigenvalue weighted by Crippen LogP contribution is 2.64. The summed E-state index contributed by atoms with van der Waals surface area (Å²) in [5.74, 6) is 2.42. The summed E-state index contributed by atoms with van der Waals surface area (Å²) < 4.78 is 0. The van der Waals surface area contributed by atoms with Gasteiger partial charge in [0, 0.05) is 13.0 Å². The van der Waals surface area contributed by atoms with Gasteiger partial charge in [-0.1, -0.05) is 25.5 Å². The molecular formula is C21H33NO2. The van der Waals surface area contributed by atoms with Gasteiger partial charge in [0.15, 0.2) is 0 Å². The molecule has 4 rings (SSSR count). The lowest BCUT2D eigenvalue weighted by atomic mass is 9.48. The van der Waals surface area contributed by atoms with Crippen molar-refractivity contribution in [2.45, 2.75) is 84.3 Å².